The normalized spacial score (nSPS) is 13.2. The Morgan fingerprint density at radius 3 is 2.75 bits per heavy atom. The fourth-order valence-corrected chi connectivity index (χ4v) is 1.17. The van der Waals surface area contributed by atoms with Gasteiger partial charge in [0, 0.05) is 12.2 Å². The van der Waals surface area contributed by atoms with E-state index < -0.39 is 11.7 Å². The van der Waals surface area contributed by atoms with Crippen LogP contribution in [0.15, 0.2) is 12.4 Å². The Kier molecular flexibility index (Phi) is 3.87. The van der Waals surface area contributed by atoms with Crippen LogP contribution in [0.4, 0.5) is 4.79 Å². The van der Waals surface area contributed by atoms with E-state index in [0.29, 0.717) is 6.54 Å². The zero-order valence-electron chi connectivity index (χ0n) is 10.1. The topological polar surface area (TPSA) is 69.0 Å². The molecule has 1 aromatic heterocycles. The maximum atomic E-state index is 11.4. The van der Waals surface area contributed by atoms with Crippen LogP contribution in [0.2, 0.25) is 0 Å². The van der Waals surface area contributed by atoms with Gasteiger partial charge in [0.15, 0.2) is 0 Å². The fraction of sp³-hybridized carbons (Fsp3) is 0.700. The van der Waals surface area contributed by atoms with E-state index in [9.17, 15) is 4.79 Å². The van der Waals surface area contributed by atoms with E-state index in [-0.39, 0.29) is 6.04 Å². The van der Waals surface area contributed by atoms with Crippen LogP contribution in [0, 0.1) is 0 Å². The average Bonchev–Trinajstić information content (AvgIpc) is 2.51. The van der Waals surface area contributed by atoms with Crippen molar-refractivity contribution in [2.45, 2.75) is 45.9 Å². The standard InChI is InChI=1S/C10H18N4O2/c1-8(7-14-6-5-11-13-14)12-9(15)16-10(2,3)4/h5-6,8H,7H2,1-4H3,(H,12,15). The monoisotopic (exact) mass is 226 g/mol. The molecule has 0 fully saturated rings. The maximum Gasteiger partial charge on any atom is 0.407 e. The van der Waals surface area contributed by atoms with Crippen molar-refractivity contribution in [2.24, 2.45) is 0 Å². The van der Waals surface area contributed by atoms with Crippen LogP contribution in [0.5, 0.6) is 0 Å². The highest BCUT2D eigenvalue weighted by molar-refractivity contribution is 5.67. The second-order valence-corrected chi connectivity index (χ2v) is 4.67. The summed E-state index contributed by atoms with van der Waals surface area (Å²) in [6.45, 7) is 7.93. The summed E-state index contributed by atoms with van der Waals surface area (Å²) in [7, 11) is 0. The van der Waals surface area contributed by atoms with Crippen molar-refractivity contribution >= 4 is 6.09 Å². The third kappa shape index (κ3) is 4.77. The van der Waals surface area contributed by atoms with Crippen molar-refractivity contribution in [3.05, 3.63) is 12.4 Å². The van der Waals surface area contributed by atoms with Gasteiger partial charge in [-0.05, 0) is 27.7 Å². The molecule has 0 spiro atoms. The molecule has 0 saturated carbocycles. The van der Waals surface area contributed by atoms with Crippen LogP contribution in [0.25, 0.3) is 0 Å². The number of hydrogen-bond donors (Lipinski definition) is 1. The van der Waals surface area contributed by atoms with Gasteiger partial charge in [0.2, 0.25) is 0 Å². The van der Waals surface area contributed by atoms with Gasteiger partial charge in [0.1, 0.15) is 5.60 Å². The lowest BCUT2D eigenvalue weighted by Crippen LogP contribution is -2.39. The van der Waals surface area contributed by atoms with Gasteiger partial charge in [-0.25, -0.2) is 4.79 Å². The molecule has 1 amide bonds. The zero-order chi connectivity index (χ0) is 12.2. The number of alkyl carbamates (subject to hydrolysis) is 1. The molecule has 1 N–H and O–H groups in total. The third-order valence-corrected chi connectivity index (χ3v) is 1.70. The minimum Gasteiger partial charge on any atom is -0.444 e. The summed E-state index contributed by atoms with van der Waals surface area (Å²) >= 11 is 0. The van der Waals surface area contributed by atoms with Gasteiger partial charge >= 0.3 is 6.09 Å². The summed E-state index contributed by atoms with van der Waals surface area (Å²) < 4.78 is 6.79. The Labute approximate surface area is 95.0 Å². The van der Waals surface area contributed by atoms with Gasteiger partial charge in [-0.1, -0.05) is 5.21 Å². The van der Waals surface area contributed by atoms with E-state index in [0.717, 1.165) is 0 Å². The summed E-state index contributed by atoms with van der Waals surface area (Å²) in [5.41, 5.74) is -0.475. The predicted octanol–water partition coefficient (Wildman–Crippen LogP) is 1.19. The molecule has 0 saturated heterocycles. The van der Waals surface area contributed by atoms with Crippen LogP contribution in [0.3, 0.4) is 0 Å². The molecule has 1 aromatic rings. The molecule has 0 aliphatic rings. The smallest absolute Gasteiger partial charge is 0.407 e. The van der Waals surface area contributed by atoms with Gasteiger partial charge in [-0.15, -0.1) is 5.10 Å². The Morgan fingerprint density at radius 2 is 2.25 bits per heavy atom. The summed E-state index contributed by atoms with van der Waals surface area (Å²) in [6, 6.07) is -0.0588. The summed E-state index contributed by atoms with van der Waals surface area (Å²) in [5, 5.41) is 10.2. The second-order valence-electron chi connectivity index (χ2n) is 4.67. The van der Waals surface area contributed by atoms with Crippen molar-refractivity contribution in [2.75, 3.05) is 0 Å². The second kappa shape index (κ2) is 4.96. The molecular weight excluding hydrogens is 208 g/mol. The van der Waals surface area contributed by atoms with E-state index in [1.165, 1.54) is 0 Å². The van der Waals surface area contributed by atoms with E-state index in [2.05, 4.69) is 15.6 Å². The Morgan fingerprint density at radius 1 is 1.56 bits per heavy atom. The van der Waals surface area contributed by atoms with Crippen LogP contribution < -0.4 is 5.32 Å². The maximum absolute atomic E-state index is 11.4. The first-order valence-corrected chi connectivity index (χ1v) is 5.20. The van der Waals surface area contributed by atoms with Gasteiger partial charge in [-0.2, -0.15) is 0 Å². The predicted molar refractivity (Wildman–Crippen MR) is 58.9 cm³/mol. The molecule has 6 nitrogen and oxygen atoms in total. The first-order valence-electron chi connectivity index (χ1n) is 5.20. The number of nitrogens with one attached hydrogen (secondary N) is 1. The molecule has 1 atom stereocenters. The molecule has 6 heteroatoms. The lowest BCUT2D eigenvalue weighted by molar-refractivity contribution is 0.0503. The largest absolute Gasteiger partial charge is 0.444 e. The number of amides is 1. The van der Waals surface area contributed by atoms with Crippen molar-refractivity contribution in [1.29, 1.82) is 0 Å². The van der Waals surface area contributed by atoms with Crippen molar-refractivity contribution in [3.8, 4) is 0 Å². The first-order chi connectivity index (χ1) is 7.37. The van der Waals surface area contributed by atoms with Crippen molar-refractivity contribution < 1.29 is 9.53 Å². The van der Waals surface area contributed by atoms with Crippen molar-refractivity contribution in [3.63, 3.8) is 0 Å². The first kappa shape index (κ1) is 12.5. The highest BCUT2D eigenvalue weighted by atomic mass is 16.6. The zero-order valence-corrected chi connectivity index (χ0v) is 10.1. The Hall–Kier alpha value is -1.59. The lowest BCUT2D eigenvalue weighted by Gasteiger charge is -2.21. The molecule has 0 aliphatic carbocycles. The highest BCUT2D eigenvalue weighted by Gasteiger charge is 2.17. The molecule has 0 bridgehead atoms. The van der Waals surface area contributed by atoms with Crippen molar-refractivity contribution in [1.82, 2.24) is 20.3 Å². The Bertz CT molecular complexity index is 329. The van der Waals surface area contributed by atoms with E-state index >= 15 is 0 Å². The minimum atomic E-state index is -0.475. The summed E-state index contributed by atoms with van der Waals surface area (Å²) in [4.78, 5) is 11.4. The molecule has 0 aliphatic heterocycles. The molecule has 1 rings (SSSR count). The molecule has 0 radical (unpaired) electrons. The van der Waals surface area contributed by atoms with Crippen LogP contribution >= 0.6 is 0 Å². The molecule has 1 unspecified atom stereocenters. The molecule has 1 heterocycles. The molecule has 90 valence electrons. The Balaban J connectivity index is 2.34. The summed E-state index contributed by atoms with van der Waals surface area (Å²) in [5.74, 6) is 0. The average molecular weight is 226 g/mol. The van der Waals surface area contributed by atoms with E-state index in [1.807, 2.05) is 27.7 Å². The minimum absolute atomic E-state index is 0.0588. The van der Waals surface area contributed by atoms with Gasteiger partial charge in [0.05, 0.1) is 12.7 Å². The number of aromatic nitrogens is 3. The molecule has 16 heavy (non-hydrogen) atoms. The number of ether oxygens (including phenoxy) is 1. The number of carbonyl (C=O) groups is 1. The number of hydrogen-bond acceptors (Lipinski definition) is 4. The highest BCUT2D eigenvalue weighted by Crippen LogP contribution is 2.06. The van der Waals surface area contributed by atoms with Gasteiger partial charge in [0.25, 0.3) is 0 Å². The van der Waals surface area contributed by atoms with Crippen LogP contribution in [-0.2, 0) is 11.3 Å². The quantitative estimate of drug-likeness (QED) is 0.840. The summed E-state index contributed by atoms with van der Waals surface area (Å²) in [6.07, 6.45) is 2.92. The number of rotatable bonds is 3. The van der Waals surface area contributed by atoms with Crippen LogP contribution in [0.1, 0.15) is 27.7 Å². The van der Waals surface area contributed by atoms with E-state index in [4.69, 9.17) is 4.74 Å². The number of carbonyl (C=O) groups excluding carboxylic acids is 1. The molecular formula is C10H18N4O2. The van der Waals surface area contributed by atoms with Gasteiger partial charge in [-0.3, -0.25) is 4.68 Å². The third-order valence-electron chi connectivity index (χ3n) is 1.70. The van der Waals surface area contributed by atoms with E-state index in [1.54, 1.807) is 17.1 Å². The fourth-order valence-electron chi connectivity index (χ4n) is 1.17. The number of nitrogens with zero attached hydrogens (tertiary/aromatic N) is 3. The SMILES string of the molecule is CC(Cn1ccnn1)NC(=O)OC(C)(C)C. The van der Waals surface area contributed by atoms with Crippen LogP contribution in [-0.4, -0.2) is 32.7 Å². The molecule has 0 aromatic carbocycles. The lowest BCUT2D eigenvalue weighted by atomic mass is 10.2. The van der Waals surface area contributed by atoms with Gasteiger partial charge < -0.3 is 10.1 Å².